The van der Waals surface area contributed by atoms with Gasteiger partial charge in [0.15, 0.2) is 5.78 Å². The zero-order valence-corrected chi connectivity index (χ0v) is 24.8. The maximum absolute atomic E-state index is 13.2. The maximum atomic E-state index is 13.2. The Bertz CT molecular complexity index is 1560. The number of nitrogens with one attached hydrogen (secondary N) is 1. The molecule has 1 aliphatic rings. The van der Waals surface area contributed by atoms with Crippen molar-refractivity contribution >= 4 is 40.6 Å². The van der Waals surface area contributed by atoms with Crippen LogP contribution in [0, 0.1) is 5.92 Å². The minimum absolute atomic E-state index is 0.0144. The number of benzene rings is 3. The smallest absolute Gasteiger partial charge is 0.241 e. The van der Waals surface area contributed by atoms with Crippen LogP contribution in [0.25, 0.3) is 11.4 Å². The monoisotopic (exact) mass is 590 g/mol. The van der Waals surface area contributed by atoms with Gasteiger partial charge in [-0.2, -0.15) is 4.98 Å². The summed E-state index contributed by atoms with van der Waals surface area (Å²) < 4.78 is 5.47. The third kappa shape index (κ3) is 7.04. The van der Waals surface area contributed by atoms with Crippen molar-refractivity contribution in [3.05, 3.63) is 99.4 Å². The average molecular weight is 592 g/mol. The van der Waals surface area contributed by atoms with Gasteiger partial charge in [0.2, 0.25) is 17.6 Å². The van der Waals surface area contributed by atoms with Crippen LogP contribution >= 0.6 is 23.2 Å². The Morgan fingerprint density at radius 2 is 1.80 bits per heavy atom. The first-order chi connectivity index (χ1) is 19.6. The summed E-state index contributed by atoms with van der Waals surface area (Å²) in [5.74, 6) is 0.486. The van der Waals surface area contributed by atoms with E-state index in [9.17, 15) is 9.59 Å². The van der Waals surface area contributed by atoms with Gasteiger partial charge < -0.3 is 9.84 Å². The first-order valence-electron chi connectivity index (χ1n) is 13.6. The summed E-state index contributed by atoms with van der Waals surface area (Å²) in [7, 11) is 0. The standard InChI is InChI=1S/C32H32Cl2N4O3/c1-32(2,3)23-11-9-20(10-12-23)29(39)21-6-4-8-25(16-21)35-31(40)22-7-5-15-38(18-22)19-28-36-30(37-41-28)26-14-13-24(33)17-27(26)34/h4,6,8-14,16-17,22H,5,7,15,18-19H2,1-3H3,(H,35,40). The third-order valence-electron chi connectivity index (χ3n) is 7.28. The number of amides is 1. The van der Waals surface area contributed by atoms with Gasteiger partial charge in [-0.1, -0.05) is 85.5 Å². The van der Waals surface area contributed by atoms with Crippen LogP contribution in [-0.2, 0) is 16.8 Å². The van der Waals surface area contributed by atoms with Gasteiger partial charge in [0, 0.05) is 33.9 Å². The highest BCUT2D eigenvalue weighted by molar-refractivity contribution is 6.36. The fraction of sp³-hybridized carbons (Fsp3) is 0.312. The molecule has 1 atom stereocenters. The molecule has 41 heavy (non-hydrogen) atoms. The minimum Gasteiger partial charge on any atom is -0.338 e. The van der Waals surface area contributed by atoms with Gasteiger partial charge in [0.1, 0.15) is 0 Å². The van der Waals surface area contributed by atoms with Gasteiger partial charge in [-0.05, 0) is 60.7 Å². The summed E-state index contributed by atoms with van der Waals surface area (Å²) >= 11 is 12.3. The molecule has 0 aliphatic carbocycles. The van der Waals surface area contributed by atoms with E-state index >= 15 is 0 Å². The second-order valence-electron chi connectivity index (χ2n) is 11.4. The van der Waals surface area contributed by atoms with E-state index in [1.165, 1.54) is 5.56 Å². The molecule has 0 radical (unpaired) electrons. The molecular weight excluding hydrogens is 559 g/mol. The summed E-state index contributed by atoms with van der Waals surface area (Å²) in [6, 6.07) is 19.9. The van der Waals surface area contributed by atoms with Crippen LogP contribution in [-0.4, -0.2) is 39.8 Å². The molecule has 0 spiro atoms. The lowest BCUT2D eigenvalue weighted by molar-refractivity contribution is -0.121. The molecule has 5 rings (SSSR count). The summed E-state index contributed by atoms with van der Waals surface area (Å²) in [5.41, 5.74) is 3.58. The van der Waals surface area contributed by atoms with E-state index in [4.69, 9.17) is 27.7 Å². The van der Waals surface area contributed by atoms with Gasteiger partial charge >= 0.3 is 0 Å². The number of hydrogen-bond donors (Lipinski definition) is 1. The van der Waals surface area contributed by atoms with Gasteiger partial charge in [-0.25, -0.2) is 0 Å². The zero-order valence-electron chi connectivity index (χ0n) is 23.3. The number of carbonyl (C=O) groups excluding carboxylic acids is 2. The van der Waals surface area contributed by atoms with Crippen LogP contribution in [0.15, 0.2) is 71.3 Å². The molecule has 0 saturated carbocycles. The number of likely N-dealkylation sites (tertiary alicyclic amines) is 1. The van der Waals surface area contributed by atoms with Gasteiger partial charge in [0.05, 0.1) is 17.5 Å². The highest BCUT2D eigenvalue weighted by atomic mass is 35.5. The second kappa shape index (κ2) is 12.1. The molecule has 1 unspecified atom stereocenters. The molecule has 1 aromatic heterocycles. The Balaban J connectivity index is 1.20. The molecule has 1 aliphatic heterocycles. The molecule has 4 aromatic rings. The lowest BCUT2D eigenvalue weighted by atomic mass is 9.86. The second-order valence-corrected chi connectivity index (χ2v) is 12.3. The fourth-order valence-corrected chi connectivity index (χ4v) is 5.47. The minimum atomic E-state index is -0.207. The number of ketones is 1. The van der Waals surface area contributed by atoms with Gasteiger partial charge in [0.25, 0.3) is 0 Å². The highest BCUT2D eigenvalue weighted by Gasteiger charge is 2.27. The molecule has 1 amide bonds. The van der Waals surface area contributed by atoms with Crippen LogP contribution in [0.3, 0.4) is 0 Å². The summed E-state index contributed by atoms with van der Waals surface area (Å²) in [6.07, 6.45) is 1.64. The SMILES string of the molecule is CC(C)(C)c1ccc(C(=O)c2cccc(NC(=O)C3CCCN(Cc4nc(-c5ccc(Cl)cc5Cl)no4)C3)c2)cc1. The quantitative estimate of drug-likeness (QED) is 0.225. The number of hydrogen-bond acceptors (Lipinski definition) is 6. The van der Waals surface area contributed by atoms with Crippen molar-refractivity contribution < 1.29 is 14.1 Å². The Kier molecular flexibility index (Phi) is 8.59. The first-order valence-corrected chi connectivity index (χ1v) is 14.4. The zero-order chi connectivity index (χ0) is 29.1. The van der Waals surface area contributed by atoms with Crippen LogP contribution < -0.4 is 5.32 Å². The van der Waals surface area contributed by atoms with Crippen LogP contribution in [0.1, 0.15) is 61.0 Å². The molecule has 1 fully saturated rings. The van der Waals surface area contributed by atoms with Crippen LogP contribution in [0.5, 0.6) is 0 Å². The normalized spacial score (nSPS) is 16.0. The van der Waals surface area contributed by atoms with Crippen LogP contribution in [0.2, 0.25) is 10.0 Å². The van der Waals surface area contributed by atoms with Crippen molar-refractivity contribution in [3.63, 3.8) is 0 Å². The summed E-state index contributed by atoms with van der Waals surface area (Å²) in [6.45, 7) is 8.23. The molecule has 1 saturated heterocycles. The highest BCUT2D eigenvalue weighted by Crippen LogP contribution is 2.29. The van der Waals surface area contributed by atoms with Gasteiger partial charge in [-0.15, -0.1) is 0 Å². The number of halogens is 2. The van der Waals surface area contributed by atoms with Gasteiger partial charge in [-0.3, -0.25) is 14.5 Å². The van der Waals surface area contributed by atoms with E-state index in [1.807, 2.05) is 24.3 Å². The van der Waals surface area contributed by atoms with Crippen molar-refractivity contribution in [1.82, 2.24) is 15.0 Å². The summed E-state index contributed by atoms with van der Waals surface area (Å²) in [4.78, 5) is 33.0. The molecule has 9 heteroatoms. The Hall–Kier alpha value is -3.52. The van der Waals surface area contributed by atoms with Crippen LogP contribution in [0.4, 0.5) is 5.69 Å². The van der Waals surface area contributed by atoms with E-state index < -0.39 is 0 Å². The lowest BCUT2D eigenvalue weighted by Crippen LogP contribution is -2.40. The van der Waals surface area contributed by atoms with Crippen molar-refractivity contribution in [2.24, 2.45) is 5.92 Å². The number of aromatic nitrogens is 2. The fourth-order valence-electron chi connectivity index (χ4n) is 4.97. The van der Waals surface area contributed by atoms with Crippen molar-refractivity contribution in [3.8, 4) is 11.4 Å². The average Bonchev–Trinajstić information content (AvgIpc) is 3.40. The molecule has 212 valence electrons. The van der Waals surface area contributed by atoms with Crippen molar-refractivity contribution in [1.29, 1.82) is 0 Å². The number of nitrogens with zero attached hydrogens (tertiary/aromatic N) is 3. The molecule has 1 N–H and O–H groups in total. The van der Waals surface area contributed by atoms with E-state index in [2.05, 4.69) is 41.1 Å². The molecule has 2 heterocycles. The number of rotatable bonds is 7. The summed E-state index contributed by atoms with van der Waals surface area (Å²) in [5, 5.41) is 8.06. The maximum Gasteiger partial charge on any atom is 0.241 e. The topological polar surface area (TPSA) is 88.3 Å². The van der Waals surface area contributed by atoms with E-state index in [0.29, 0.717) is 57.2 Å². The first kappa shape index (κ1) is 29.0. The largest absolute Gasteiger partial charge is 0.338 e. The number of carbonyl (C=O) groups is 2. The predicted octanol–water partition coefficient (Wildman–Crippen LogP) is 7.42. The Morgan fingerprint density at radius 1 is 1.02 bits per heavy atom. The van der Waals surface area contributed by atoms with Crippen molar-refractivity contribution in [2.45, 2.75) is 45.6 Å². The third-order valence-corrected chi connectivity index (χ3v) is 7.83. The van der Waals surface area contributed by atoms with E-state index in [1.54, 1.807) is 42.5 Å². The predicted molar refractivity (Wildman–Crippen MR) is 161 cm³/mol. The Labute approximate surface area is 249 Å². The number of anilines is 1. The van der Waals surface area contributed by atoms with E-state index in [-0.39, 0.29) is 23.0 Å². The molecule has 0 bridgehead atoms. The number of piperidine rings is 1. The van der Waals surface area contributed by atoms with Crippen molar-refractivity contribution in [2.75, 3.05) is 18.4 Å². The molecule has 7 nitrogen and oxygen atoms in total. The lowest BCUT2D eigenvalue weighted by Gasteiger charge is -2.30. The Morgan fingerprint density at radius 3 is 2.54 bits per heavy atom. The molecule has 3 aromatic carbocycles. The molecular formula is C32H32Cl2N4O3. The van der Waals surface area contributed by atoms with E-state index in [0.717, 1.165) is 19.4 Å².